The van der Waals surface area contributed by atoms with E-state index in [1.807, 2.05) is 0 Å². The molecule has 0 N–H and O–H groups in total. The highest BCUT2D eigenvalue weighted by Crippen LogP contribution is 2.53. The van der Waals surface area contributed by atoms with Gasteiger partial charge in [0.2, 0.25) is 0 Å². The maximum atomic E-state index is 2.68. The molecule has 12 aromatic carbocycles. The summed E-state index contributed by atoms with van der Waals surface area (Å²) in [6, 6.07) is 79.9. The second-order valence-electron chi connectivity index (χ2n) is 25.0. The molecule has 4 heteroatoms. The summed E-state index contributed by atoms with van der Waals surface area (Å²) in [7, 11) is 0. The molecule has 2 aliphatic carbocycles. The van der Waals surface area contributed by atoms with Crippen LogP contribution in [-0.2, 0) is 25.7 Å². The minimum absolute atomic E-state index is 0.261. The first kappa shape index (κ1) is 50.6. The van der Waals surface area contributed by atoms with Crippen molar-refractivity contribution in [3.8, 4) is 11.4 Å². The van der Waals surface area contributed by atoms with Gasteiger partial charge in [-0.25, -0.2) is 0 Å². The average molecular weight is 1090 g/mol. The predicted octanol–water partition coefficient (Wildman–Crippen LogP) is 22.3. The van der Waals surface area contributed by atoms with E-state index in [0.717, 1.165) is 25.7 Å². The minimum atomic E-state index is 0.261. The quantitative estimate of drug-likeness (QED) is 0.127. The number of aryl methyl sites for hydroxylation is 4. The maximum Gasteiger partial charge on any atom is 0.0561 e. The zero-order valence-corrected chi connectivity index (χ0v) is 49.2. The predicted molar refractivity (Wildman–Crippen MR) is 359 cm³/mol. The Morgan fingerprint density at radius 1 is 0.321 bits per heavy atom. The van der Waals surface area contributed by atoms with E-state index in [-0.39, 0.29) is 11.8 Å². The Bertz CT molecular complexity index is 4930. The average Bonchev–Trinajstić information content (AvgIpc) is 1.56. The van der Waals surface area contributed by atoms with E-state index in [9.17, 15) is 0 Å². The van der Waals surface area contributed by atoms with Crippen molar-refractivity contribution in [1.29, 1.82) is 0 Å². The number of anilines is 6. The number of hydrogen-bond acceptors (Lipinski definition) is 2. The molecule has 0 atom stereocenters. The van der Waals surface area contributed by atoms with E-state index in [1.165, 1.54) is 192 Å². The summed E-state index contributed by atoms with van der Waals surface area (Å²) in [5, 5.41) is 13.0. The van der Waals surface area contributed by atoms with E-state index in [1.54, 1.807) is 0 Å². The first-order valence-corrected chi connectivity index (χ1v) is 31.0. The molecule has 2 aliphatic rings. The van der Waals surface area contributed by atoms with Gasteiger partial charge < -0.3 is 18.9 Å². The van der Waals surface area contributed by atoms with Crippen molar-refractivity contribution in [2.75, 3.05) is 9.80 Å². The lowest BCUT2D eigenvalue weighted by Gasteiger charge is -2.34. The van der Waals surface area contributed by atoms with Gasteiger partial charge in [-0.2, -0.15) is 0 Å². The van der Waals surface area contributed by atoms with Crippen LogP contribution in [0.2, 0.25) is 0 Å². The second kappa shape index (κ2) is 19.8. The fraction of sp³-hybridized carbons (Fsp3) is 0.200. The summed E-state index contributed by atoms with van der Waals surface area (Å²) in [5.41, 5.74) is 25.8. The highest BCUT2D eigenvalue weighted by molar-refractivity contribution is 6.30. The summed E-state index contributed by atoms with van der Waals surface area (Å²) < 4.78 is 4.94. The number of aromatic nitrogens is 2. The van der Waals surface area contributed by atoms with Crippen LogP contribution in [0.15, 0.2) is 206 Å². The van der Waals surface area contributed by atoms with Gasteiger partial charge in [0.1, 0.15) is 0 Å². The molecule has 4 nitrogen and oxygen atoms in total. The van der Waals surface area contributed by atoms with Crippen LogP contribution < -0.4 is 9.80 Å². The monoisotopic (exact) mass is 1090 g/mol. The van der Waals surface area contributed by atoms with Gasteiger partial charge in [-0.05, 0) is 223 Å². The van der Waals surface area contributed by atoms with E-state index < -0.39 is 0 Å². The van der Waals surface area contributed by atoms with Gasteiger partial charge in [0.25, 0.3) is 0 Å². The third kappa shape index (κ3) is 7.86. The lowest BCUT2D eigenvalue weighted by molar-refractivity contribution is 0.686. The van der Waals surface area contributed by atoms with Crippen molar-refractivity contribution in [2.45, 2.75) is 105 Å². The molecule has 0 fully saturated rings. The van der Waals surface area contributed by atoms with Gasteiger partial charge in [-0.15, -0.1) is 0 Å². The van der Waals surface area contributed by atoms with Gasteiger partial charge in [0, 0.05) is 66.4 Å². The van der Waals surface area contributed by atoms with Crippen LogP contribution in [0.5, 0.6) is 0 Å². The van der Waals surface area contributed by atoms with Crippen LogP contribution in [-0.4, -0.2) is 9.13 Å². The summed E-state index contributed by atoms with van der Waals surface area (Å²) in [4.78, 5) is 5.35. The van der Waals surface area contributed by atoms with E-state index >= 15 is 0 Å². The highest BCUT2D eigenvalue weighted by Gasteiger charge is 2.30. The maximum absolute atomic E-state index is 2.68. The van der Waals surface area contributed by atoms with Gasteiger partial charge in [0.15, 0.2) is 0 Å². The molecular formula is C80H70N4. The summed E-state index contributed by atoms with van der Waals surface area (Å²) in [6.45, 7) is 13.9. The van der Waals surface area contributed by atoms with Crippen LogP contribution >= 0.6 is 0 Å². The van der Waals surface area contributed by atoms with E-state index in [2.05, 4.69) is 267 Å². The smallest absolute Gasteiger partial charge is 0.0561 e. The third-order valence-corrected chi connectivity index (χ3v) is 19.3. The molecule has 16 rings (SSSR count). The van der Waals surface area contributed by atoms with E-state index in [4.69, 9.17) is 0 Å². The Morgan fingerprint density at radius 3 is 1.26 bits per heavy atom. The van der Waals surface area contributed by atoms with Gasteiger partial charge in [-0.3, -0.25) is 0 Å². The van der Waals surface area contributed by atoms with Crippen LogP contribution in [0.3, 0.4) is 0 Å². The fourth-order valence-electron chi connectivity index (χ4n) is 15.2. The lowest BCUT2D eigenvalue weighted by atomic mass is 9.83. The summed E-state index contributed by atoms with van der Waals surface area (Å²) in [6.07, 6.45) is 9.19. The molecule has 0 unspecified atom stereocenters. The number of benzene rings is 12. The van der Waals surface area contributed by atoms with Crippen LogP contribution in [0.4, 0.5) is 34.1 Å². The Morgan fingerprint density at radius 2 is 0.738 bits per heavy atom. The van der Waals surface area contributed by atoms with Crippen LogP contribution in [0.1, 0.15) is 110 Å². The Labute approximate surface area is 493 Å². The van der Waals surface area contributed by atoms with Crippen molar-refractivity contribution < 1.29 is 0 Å². The zero-order valence-electron chi connectivity index (χ0n) is 49.2. The molecule has 2 aromatic heterocycles. The molecule has 0 amide bonds. The first-order chi connectivity index (χ1) is 41.2. The van der Waals surface area contributed by atoms with Crippen molar-refractivity contribution in [2.24, 2.45) is 0 Å². The number of rotatable bonds is 10. The largest absolute Gasteiger partial charge is 0.310 e. The van der Waals surface area contributed by atoms with Crippen LogP contribution in [0, 0.1) is 13.8 Å². The number of para-hydroxylation sites is 2. The van der Waals surface area contributed by atoms with Gasteiger partial charge >= 0.3 is 0 Å². The van der Waals surface area contributed by atoms with Gasteiger partial charge in [-0.1, -0.05) is 154 Å². The molecule has 0 bridgehead atoms. The molecule has 0 spiro atoms. The normalized spacial score (nSPS) is 13.7. The fourth-order valence-corrected chi connectivity index (χ4v) is 15.2. The number of fused-ring (bicyclic) bond motifs is 8. The molecule has 0 radical (unpaired) electrons. The van der Waals surface area contributed by atoms with E-state index in [0.29, 0.717) is 0 Å². The molecule has 0 saturated carbocycles. The number of hydrogen-bond donors (Lipinski definition) is 0. The second-order valence-corrected chi connectivity index (χ2v) is 25.0. The Balaban J connectivity index is 0.992. The lowest BCUT2D eigenvalue weighted by Crippen LogP contribution is -2.17. The van der Waals surface area contributed by atoms with Crippen molar-refractivity contribution in [1.82, 2.24) is 9.13 Å². The third-order valence-electron chi connectivity index (χ3n) is 19.3. The molecule has 410 valence electrons. The molecule has 0 saturated heterocycles. The Hall–Kier alpha value is -9.12. The van der Waals surface area contributed by atoms with Crippen molar-refractivity contribution in [3.63, 3.8) is 0 Å². The van der Waals surface area contributed by atoms with Crippen molar-refractivity contribution in [3.05, 3.63) is 251 Å². The molecule has 14 aromatic rings. The molecule has 0 aliphatic heterocycles. The molecule has 84 heavy (non-hydrogen) atoms. The highest BCUT2D eigenvalue weighted by atomic mass is 15.2. The summed E-state index contributed by atoms with van der Waals surface area (Å²) in [5.74, 6) is 0.523. The summed E-state index contributed by atoms with van der Waals surface area (Å²) >= 11 is 0. The molecular weight excluding hydrogens is 1020 g/mol. The zero-order chi connectivity index (χ0) is 56.5. The minimum Gasteiger partial charge on any atom is -0.310 e. The first-order valence-electron chi connectivity index (χ1n) is 31.0. The number of nitrogens with zero attached hydrogens (tertiary/aromatic N) is 4. The topological polar surface area (TPSA) is 16.3 Å². The molecule has 2 heterocycles. The Kier molecular flexibility index (Phi) is 11.9. The van der Waals surface area contributed by atoms with Crippen molar-refractivity contribution >= 4 is 110 Å². The van der Waals surface area contributed by atoms with Gasteiger partial charge in [0.05, 0.1) is 33.4 Å². The van der Waals surface area contributed by atoms with Crippen LogP contribution in [0.25, 0.3) is 87.3 Å². The standard InChI is InChI=1S/C80H70N4/c1-49(2)68-47-77(83(71-27-15-19-53-17-7-9-21-59(53)71)57-38-44-75-70(45-57)62-24-12-14-26-74(62)81(75)55-33-29-51(5)30-34-55)66-42-40-65-69(50(3)4)48-78(67-43-41-64(68)79(66)80(65)67)84(72-28-16-20-54-18-8-10-22-60(54)72)58-37-39-63-61-23-11-13-25-73(61)82(76(63)46-58)56-35-31-52(6)32-36-56/h11-16,19-20,23-50H,7-10,17-18,21-22H2,1-6H3. The SMILES string of the molecule is Cc1ccc(-n2c3ccccc3c3cc(N(c4cccc5c4CCCC5)c4cc(C(C)C)c5ccc6c(N(c7ccc8c9ccccc9n(-c9ccc(C)cc9)c8c7)c7cccc8c7CCCC8)cc(C(C)C)c7ccc4c5c76)ccc32)cc1.